The van der Waals surface area contributed by atoms with Crippen LogP contribution in [0.25, 0.3) is 0 Å². The maximum Gasteiger partial charge on any atom is 0.658 e. The summed E-state index contributed by atoms with van der Waals surface area (Å²) in [5.41, 5.74) is -0.530. The summed E-state index contributed by atoms with van der Waals surface area (Å²) in [5, 5.41) is 22.3. The van der Waals surface area contributed by atoms with Crippen LogP contribution < -0.4 is 17.9 Å². The van der Waals surface area contributed by atoms with Crippen LogP contribution >= 0.6 is 45.9 Å². The number of thiophene rings is 2. The largest absolute Gasteiger partial charge is 0.658 e. The van der Waals surface area contributed by atoms with Crippen molar-refractivity contribution in [3.8, 4) is 11.5 Å². The van der Waals surface area contributed by atoms with Gasteiger partial charge in [0.25, 0.3) is 22.5 Å². The fourth-order valence-corrected chi connectivity index (χ4v) is 7.12. The zero-order chi connectivity index (χ0) is 29.8. The summed E-state index contributed by atoms with van der Waals surface area (Å²) >= 11 is 8.04. The van der Waals surface area contributed by atoms with Crippen molar-refractivity contribution in [2.45, 2.75) is 0 Å². The quantitative estimate of drug-likeness (QED) is 0.0728. The third kappa shape index (κ3) is 7.14. The first kappa shape index (κ1) is 30.7. The molecule has 0 aliphatic heterocycles. The highest BCUT2D eigenvalue weighted by Gasteiger charge is 2.26. The van der Waals surface area contributed by atoms with Crippen molar-refractivity contribution in [3.63, 3.8) is 0 Å². The normalized spacial score (nSPS) is 12.3. The van der Waals surface area contributed by atoms with Crippen LogP contribution in [0, 0.1) is 20.2 Å². The monoisotopic (exact) mass is 677 g/mol. The SMILES string of the molecule is O=[N+]([O-])c1cc(N(c2cccc(O[B]Oc3cccc(N(c4cc([N+](=O)[O-])c(Cl)s4)S(=O)O)c3)c2)S(=O)O)sc1Cl. The van der Waals surface area contributed by atoms with Gasteiger partial charge in [-0.1, -0.05) is 58.0 Å². The maximum absolute atomic E-state index is 12.1. The maximum atomic E-state index is 12.1. The number of benzene rings is 2. The van der Waals surface area contributed by atoms with Gasteiger partial charge in [-0.2, -0.15) is 0 Å². The van der Waals surface area contributed by atoms with E-state index in [4.69, 9.17) is 32.5 Å². The predicted molar refractivity (Wildman–Crippen MR) is 158 cm³/mol. The molecule has 2 aromatic carbocycles. The van der Waals surface area contributed by atoms with E-state index in [0.717, 1.165) is 51.1 Å². The summed E-state index contributed by atoms with van der Waals surface area (Å²) in [4.78, 5) is 20.8. The highest BCUT2D eigenvalue weighted by atomic mass is 35.5. The lowest BCUT2D eigenvalue weighted by Crippen LogP contribution is -2.19. The average Bonchev–Trinajstić information content (AvgIpc) is 3.47. The molecule has 0 aliphatic carbocycles. The van der Waals surface area contributed by atoms with Crippen LogP contribution in [0.2, 0.25) is 8.67 Å². The van der Waals surface area contributed by atoms with Crippen molar-refractivity contribution in [1.29, 1.82) is 0 Å². The Bertz CT molecular complexity index is 1550. The van der Waals surface area contributed by atoms with Gasteiger partial charge in [-0.25, -0.2) is 17.0 Å². The molecular weight excluding hydrogens is 666 g/mol. The molecule has 0 spiro atoms. The van der Waals surface area contributed by atoms with Gasteiger partial charge in [0, 0.05) is 12.1 Å². The zero-order valence-electron chi connectivity index (χ0n) is 19.7. The minimum absolute atomic E-state index is 0.0416. The van der Waals surface area contributed by atoms with Gasteiger partial charge in [-0.15, -0.1) is 0 Å². The summed E-state index contributed by atoms with van der Waals surface area (Å²) in [6.45, 7) is 0. The molecular formula is C20H12BCl2N4O10S4. The van der Waals surface area contributed by atoms with Crippen LogP contribution in [0.15, 0.2) is 60.7 Å². The number of anilines is 4. The van der Waals surface area contributed by atoms with E-state index in [2.05, 4.69) is 0 Å². The van der Waals surface area contributed by atoms with Crippen LogP contribution in [0.5, 0.6) is 11.5 Å². The van der Waals surface area contributed by atoms with E-state index in [1.807, 2.05) is 0 Å². The van der Waals surface area contributed by atoms with E-state index in [-0.39, 0.29) is 41.5 Å². The Hall–Kier alpha value is -3.30. The number of nitro groups is 2. The molecule has 2 N–H and O–H groups in total. The molecule has 14 nitrogen and oxygen atoms in total. The fraction of sp³-hybridized carbons (Fsp3) is 0. The highest BCUT2D eigenvalue weighted by molar-refractivity contribution is 7.81. The number of hydrogen-bond donors (Lipinski definition) is 2. The minimum Gasteiger partial charge on any atom is -0.526 e. The van der Waals surface area contributed by atoms with Crippen molar-refractivity contribution in [2.75, 3.05) is 8.61 Å². The lowest BCUT2D eigenvalue weighted by atomic mass is 10.2. The Kier molecular flexibility index (Phi) is 9.82. The molecule has 0 bridgehead atoms. The molecule has 0 aliphatic rings. The molecule has 213 valence electrons. The molecule has 0 amide bonds. The molecule has 2 atom stereocenters. The third-order valence-corrected chi connectivity index (χ3v) is 9.21. The zero-order valence-corrected chi connectivity index (χ0v) is 24.5. The molecule has 2 aromatic heterocycles. The summed E-state index contributed by atoms with van der Waals surface area (Å²) < 4.78 is 56.2. The van der Waals surface area contributed by atoms with Crippen LogP contribution in [0.3, 0.4) is 0 Å². The fourth-order valence-electron chi connectivity index (χ4n) is 3.23. The second kappa shape index (κ2) is 13.1. The second-order valence-corrected chi connectivity index (χ2v) is 12.3. The van der Waals surface area contributed by atoms with E-state index < -0.39 is 43.8 Å². The Morgan fingerprint density at radius 1 is 0.756 bits per heavy atom. The van der Waals surface area contributed by atoms with Gasteiger partial charge in [0.2, 0.25) is 0 Å². The molecule has 2 unspecified atom stereocenters. The number of halogens is 2. The molecule has 2 heterocycles. The summed E-state index contributed by atoms with van der Waals surface area (Å²) in [6.07, 6.45) is 0. The molecule has 4 aromatic rings. The van der Waals surface area contributed by atoms with Gasteiger partial charge in [0.15, 0.2) is 8.67 Å². The van der Waals surface area contributed by atoms with Crippen LogP contribution in [0.1, 0.15) is 0 Å². The van der Waals surface area contributed by atoms with E-state index in [1.54, 1.807) is 0 Å². The van der Waals surface area contributed by atoms with E-state index >= 15 is 0 Å². The van der Waals surface area contributed by atoms with Gasteiger partial charge in [0.1, 0.15) is 21.5 Å². The van der Waals surface area contributed by atoms with Crippen molar-refractivity contribution >= 4 is 109 Å². The van der Waals surface area contributed by atoms with Crippen molar-refractivity contribution in [2.24, 2.45) is 0 Å². The van der Waals surface area contributed by atoms with Gasteiger partial charge < -0.3 is 9.31 Å². The van der Waals surface area contributed by atoms with Crippen molar-refractivity contribution < 1.29 is 36.7 Å². The number of nitrogens with zero attached hydrogens (tertiary/aromatic N) is 4. The number of hydrogen-bond acceptors (Lipinski definition) is 10. The second-order valence-electron chi connectivity index (χ2n) is 7.38. The highest BCUT2D eigenvalue weighted by Crippen LogP contribution is 2.44. The van der Waals surface area contributed by atoms with E-state index in [9.17, 15) is 37.8 Å². The molecule has 1 radical (unpaired) electrons. The predicted octanol–water partition coefficient (Wildman–Crippen LogP) is 6.47. The summed E-state index contributed by atoms with van der Waals surface area (Å²) in [7, 11) is 0.929. The molecule has 0 saturated carbocycles. The summed E-state index contributed by atoms with van der Waals surface area (Å²) in [5.74, 6) is 0.315. The van der Waals surface area contributed by atoms with Gasteiger partial charge in [-0.05, 0) is 24.3 Å². The Morgan fingerprint density at radius 2 is 1.15 bits per heavy atom. The van der Waals surface area contributed by atoms with E-state index in [1.165, 1.54) is 48.5 Å². The third-order valence-electron chi connectivity index (χ3n) is 4.89. The molecule has 0 saturated heterocycles. The average molecular weight is 678 g/mol. The summed E-state index contributed by atoms with van der Waals surface area (Å²) in [6, 6.07) is 13.8. The lowest BCUT2D eigenvalue weighted by molar-refractivity contribution is -0.384. The first-order chi connectivity index (χ1) is 19.5. The minimum atomic E-state index is -2.62. The van der Waals surface area contributed by atoms with Crippen LogP contribution in [-0.4, -0.2) is 35.1 Å². The molecule has 4 rings (SSSR count). The molecule has 0 fully saturated rings. The van der Waals surface area contributed by atoms with Crippen molar-refractivity contribution in [1.82, 2.24) is 0 Å². The first-order valence-electron chi connectivity index (χ1n) is 10.5. The number of rotatable bonds is 12. The van der Waals surface area contributed by atoms with Gasteiger partial charge >= 0.3 is 19.1 Å². The van der Waals surface area contributed by atoms with E-state index in [0.29, 0.717) is 0 Å². The Morgan fingerprint density at radius 3 is 1.46 bits per heavy atom. The van der Waals surface area contributed by atoms with Gasteiger partial charge in [-0.3, -0.25) is 29.3 Å². The first-order valence-corrected chi connectivity index (χ1v) is 15.0. The lowest BCUT2D eigenvalue weighted by Gasteiger charge is -2.19. The van der Waals surface area contributed by atoms with Crippen LogP contribution in [0.4, 0.5) is 32.8 Å². The van der Waals surface area contributed by atoms with Gasteiger partial charge in [0.05, 0.1) is 33.4 Å². The Balaban J connectivity index is 1.49. The molecule has 41 heavy (non-hydrogen) atoms. The van der Waals surface area contributed by atoms with Crippen LogP contribution in [-0.2, 0) is 22.5 Å². The topological polar surface area (TPSA) is 186 Å². The smallest absolute Gasteiger partial charge is 0.526 e. The van der Waals surface area contributed by atoms with Crippen molar-refractivity contribution in [3.05, 3.63) is 89.6 Å². The standard InChI is InChI=1S/C20H12BCl2N4O10S4/c22-19-15(26(28)29)9-17(38-19)24(40(32)33)11-3-1-5-13(7-11)36-21-37-14-6-2-4-12(8-14)25(41(34)35)18-10-16(27(30)31)20(23)39-18/h1-10H,(H,32,33)(H,34,35). The molecule has 21 heteroatoms. The Labute approximate surface area is 254 Å².